The van der Waals surface area contributed by atoms with Gasteiger partial charge in [-0.2, -0.15) is 0 Å². The molecule has 3 aromatic carbocycles. The first-order chi connectivity index (χ1) is 16.6. The van der Waals surface area contributed by atoms with Gasteiger partial charge in [-0.15, -0.1) is 0 Å². The summed E-state index contributed by atoms with van der Waals surface area (Å²) in [5.41, 5.74) is 6.09. The van der Waals surface area contributed by atoms with E-state index in [4.69, 9.17) is 27.9 Å². The highest BCUT2D eigenvalue weighted by Crippen LogP contribution is 2.31. The smallest absolute Gasteiger partial charge is 0.119 e. The van der Waals surface area contributed by atoms with Gasteiger partial charge in [-0.3, -0.25) is 4.90 Å². The second-order valence-electron chi connectivity index (χ2n) is 9.09. The summed E-state index contributed by atoms with van der Waals surface area (Å²) in [4.78, 5) is 2.53. The Kier molecular flexibility index (Phi) is 9.10. The number of rotatable bonds is 8. The van der Waals surface area contributed by atoms with Gasteiger partial charge in [0.2, 0.25) is 0 Å². The van der Waals surface area contributed by atoms with Crippen LogP contribution in [-0.4, -0.2) is 31.1 Å². The van der Waals surface area contributed by atoms with Gasteiger partial charge in [-0.05, 0) is 97.9 Å². The molecule has 0 aliphatic carbocycles. The highest BCUT2D eigenvalue weighted by atomic mass is 35.5. The molecule has 0 radical (unpaired) electrons. The number of nitrogens with zero attached hydrogens (tertiary/aromatic N) is 1. The molecule has 1 heterocycles. The monoisotopic (exact) mass is 493 g/mol. The lowest BCUT2D eigenvalue weighted by atomic mass is 9.91. The number of likely N-dealkylation sites (tertiary alicyclic amines) is 1. The van der Waals surface area contributed by atoms with Gasteiger partial charge in [0.15, 0.2) is 0 Å². The van der Waals surface area contributed by atoms with Gasteiger partial charge in [-0.25, -0.2) is 0 Å². The first-order valence-corrected chi connectivity index (χ1v) is 13.0. The molecule has 0 N–H and O–H groups in total. The maximum Gasteiger partial charge on any atom is 0.119 e. The number of halogens is 2. The van der Waals surface area contributed by atoms with Crippen LogP contribution < -0.4 is 4.74 Å². The fourth-order valence-corrected chi connectivity index (χ4v) is 4.90. The van der Waals surface area contributed by atoms with Crippen molar-refractivity contribution in [2.45, 2.75) is 39.0 Å². The fourth-order valence-electron chi connectivity index (χ4n) is 4.64. The van der Waals surface area contributed by atoms with Crippen molar-refractivity contribution in [3.8, 4) is 5.75 Å². The Morgan fingerprint density at radius 2 is 1.26 bits per heavy atom. The van der Waals surface area contributed by atoms with E-state index >= 15 is 0 Å². The average molecular weight is 495 g/mol. The minimum atomic E-state index is 0.731. The predicted octanol–water partition coefficient (Wildman–Crippen LogP) is 8.31. The zero-order chi connectivity index (χ0) is 23.8. The molecule has 0 spiro atoms. The zero-order valence-corrected chi connectivity index (χ0v) is 21.4. The standard InChI is InChI=1S/C30H33Cl2NO/c1-23(22-24-6-12-27(31)13-7-24)30(25-8-14-28(32)15-9-25)26-10-16-29(17-11-26)34-21-20-33-18-4-2-3-5-19-33/h6-17H,2-5,18-22H2,1H3/b30-23+. The van der Waals surface area contributed by atoms with Crippen LogP contribution >= 0.6 is 23.2 Å². The highest BCUT2D eigenvalue weighted by molar-refractivity contribution is 6.30. The van der Waals surface area contributed by atoms with E-state index in [0.717, 1.165) is 40.9 Å². The Balaban J connectivity index is 1.50. The fraction of sp³-hybridized carbons (Fsp3) is 0.333. The topological polar surface area (TPSA) is 12.5 Å². The predicted molar refractivity (Wildman–Crippen MR) is 145 cm³/mol. The van der Waals surface area contributed by atoms with Crippen molar-refractivity contribution in [3.63, 3.8) is 0 Å². The number of benzene rings is 3. The maximum atomic E-state index is 6.17. The van der Waals surface area contributed by atoms with Crippen molar-refractivity contribution in [3.05, 3.63) is 105 Å². The van der Waals surface area contributed by atoms with Crippen LogP contribution in [0.3, 0.4) is 0 Å². The third-order valence-electron chi connectivity index (χ3n) is 6.46. The quantitative estimate of drug-likeness (QED) is 0.312. The van der Waals surface area contributed by atoms with Crippen molar-refractivity contribution in [2.75, 3.05) is 26.2 Å². The molecule has 2 nitrogen and oxygen atoms in total. The molecular formula is C30H33Cl2NO. The second-order valence-corrected chi connectivity index (χ2v) is 9.97. The van der Waals surface area contributed by atoms with E-state index in [0.29, 0.717) is 0 Å². The summed E-state index contributed by atoms with van der Waals surface area (Å²) in [7, 11) is 0. The summed E-state index contributed by atoms with van der Waals surface area (Å²) in [6, 6.07) is 24.7. The molecule has 0 saturated carbocycles. The molecule has 3 aromatic rings. The van der Waals surface area contributed by atoms with E-state index < -0.39 is 0 Å². The minimum Gasteiger partial charge on any atom is -0.492 e. The van der Waals surface area contributed by atoms with Gasteiger partial charge in [0, 0.05) is 16.6 Å². The van der Waals surface area contributed by atoms with Crippen molar-refractivity contribution in [1.29, 1.82) is 0 Å². The normalized spacial score (nSPS) is 15.5. The molecule has 0 bridgehead atoms. The third kappa shape index (κ3) is 7.12. The summed E-state index contributed by atoms with van der Waals surface area (Å²) in [6.45, 7) is 6.33. The van der Waals surface area contributed by atoms with Crippen molar-refractivity contribution in [2.24, 2.45) is 0 Å². The minimum absolute atomic E-state index is 0.731. The Morgan fingerprint density at radius 1 is 0.735 bits per heavy atom. The van der Waals surface area contributed by atoms with E-state index in [2.05, 4.69) is 60.4 Å². The molecular weight excluding hydrogens is 461 g/mol. The molecule has 0 atom stereocenters. The molecule has 0 aromatic heterocycles. The maximum absolute atomic E-state index is 6.17. The molecule has 1 aliphatic heterocycles. The van der Waals surface area contributed by atoms with Crippen LogP contribution in [-0.2, 0) is 6.42 Å². The molecule has 4 rings (SSSR count). The van der Waals surface area contributed by atoms with Crippen LogP contribution in [0.25, 0.3) is 5.57 Å². The van der Waals surface area contributed by atoms with Gasteiger partial charge in [0.25, 0.3) is 0 Å². The number of ether oxygens (including phenoxy) is 1. The molecule has 0 amide bonds. The SMILES string of the molecule is C/C(Cc1ccc(Cl)cc1)=C(/c1ccc(Cl)cc1)c1ccc(OCCN2CCCCCC2)cc1. The lowest BCUT2D eigenvalue weighted by Crippen LogP contribution is -2.29. The molecule has 178 valence electrons. The van der Waals surface area contributed by atoms with E-state index in [-0.39, 0.29) is 0 Å². The van der Waals surface area contributed by atoms with Gasteiger partial charge >= 0.3 is 0 Å². The number of hydrogen-bond acceptors (Lipinski definition) is 2. The Morgan fingerprint density at radius 3 is 1.85 bits per heavy atom. The van der Waals surface area contributed by atoms with Gasteiger partial charge < -0.3 is 4.74 Å². The Bertz CT molecular complexity index is 1060. The summed E-state index contributed by atoms with van der Waals surface area (Å²) in [5.74, 6) is 0.921. The molecule has 1 fully saturated rings. The molecule has 4 heteroatoms. The first-order valence-electron chi connectivity index (χ1n) is 12.2. The van der Waals surface area contributed by atoms with Crippen LogP contribution in [0.2, 0.25) is 10.0 Å². The molecule has 1 aliphatic rings. The number of allylic oxidation sites excluding steroid dienone is 1. The molecule has 1 saturated heterocycles. The summed E-state index contributed by atoms with van der Waals surface area (Å²) < 4.78 is 6.09. The van der Waals surface area contributed by atoms with Crippen LogP contribution in [0.5, 0.6) is 5.75 Å². The van der Waals surface area contributed by atoms with E-state index in [1.54, 1.807) is 0 Å². The lowest BCUT2D eigenvalue weighted by Gasteiger charge is -2.20. The van der Waals surface area contributed by atoms with E-state index in [9.17, 15) is 0 Å². The third-order valence-corrected chi connectivity index (χ3v) is 6.96. The van der Waals surface area contributed by atoms with E-state index in [1.807, 2.05) is 24.3 Å². The van der Waals surface area contributed by atoms with Crippen LogP contribution in [0, 0.1) is 0 Å². The second kappa shape index (κ2) is 12.4. The summed E-state index contributed by atoms with van der Waals surface area (Å²) in [5, 5.41) is 1.50. The van der Waals surface area contributed by atoms with Crippen LogP contribution in [0.15, 0.2) is 78.4 Å². The van der Waals surface area contributed by atoms with E-state index in [1.165, 1.54) is 61.0 Å². The van der Waals surface area contributed by atoms with Crippen LogP contribution in [0.1, 0.15) is 49.3 Å². The van der Waals surface area contributed by atoms with Gasteiger partial charge in [-0.1, -0.05) is 78.0 Å². The van der Waals surface area contributed by atoms with Crippen LogP contribution in [0.4, 0.5) is 0 Å². The molecule has 0 unspecified atom stereocenters. The average Bonchev–Trinajstić information content (AvgIpc) is 3.12. The highest BCUT2D eigenvalue weighted by Gasteiger charge is 2.12. The van der Waals surface area contributed by atoms with Crippen molar-refractivity contribution < 1.29 is 4.74 Å². The first kappa shape index (κ1) is 24.9. The van der Waals surface area contributed by atoms with Gasteiger partial charge in [0.05, 0.1) is 0 Å². The summed E-state index contributed by atoms with van der Waals surface area (Å²) in [6.07, 6.45) is 6.19. The van der Waals surface area contributed by atoms with Gasteiger partial charge in [0.1, 0.15) is 12.4 Å². The molecule has 34 heavy (non-hydrogen) atoms. The largest absolute Gasteiger partial charge is 0.492 e. The number of hydrogen-bond donors (Lipinski definition) is 0. The lowest BCUT2D eigenvalue weighted by molar-refractivity contribution is 0.214. The van der Waals surface area contributed by atoms with Crippen molar-refractivity contribution in [1.82, 2.24) is 4.90 Å². The Labute approximate surface area is 214 Å². The Hall–Kier alpha value is -2.26. The summed E-state index contributed by atoms with van der Waals surface area (Å²) >= 11 is 12.3. The zero-order valence-electron chi connectivity index (χ0n) is 19.9. The van der Waals surface area contributed by atoms with Crippen molar-refractivity contribution >= 4 is 28.8 Å².